The SMILES string of the molecule is Cc1ccc(NC(=O)[C@@H]2C(=O)C[C@@](C)(O)[C@@H](C(=O)Nc3ccc(C)cc3C)[C@@H]2c2cccc([N+](=O)[O-])c2)c(C)c1. The number of nitrogens with zero attached hydrogens (tertiary/aromatic N) is 1. The zero-order valence-corrected chi connectivity index (χ0v) is 23.1. The highest BCUT2D eigenvalue weighted by molar-refractivity contribution is 6.10. The van der Waals surface area contributed by atoms with Crippen LogP contribution in [-0.4, -0.2) is 33.2 Å². The molecule has 0 aliphatic heterocycles. The molecule has 208 valence electrons. The first-order valence-electron chi connectivity index (χ1n) is 13.0. The number of nitro groups is 1. The lowest BCUT2D eigenvalue weighted by atomic mass is 9.61. The highest BCUT2D eigenvalue weighted by Gasteiger charge is 2.56. The smallest absolute Gasteiger partial charge is 0.269 e. The molecular formula is C31H33N3O6. The Kier molecular flexibility index (Phi) is 7.88. The van der Waals surface area contributed by atoms with Gasteiger partial charge < -0.3 is 15.7 Å². The molecule has 0 radical (unpaired) electrons. The van der Waals surface area contributed by atoms with E-state index in [1.807, 2.05) is 52.0 Å². The van der Waals surface area contributed by atoms with Gasteiger partial charge in [-0.25, -0.2) is 0 Å². The van der Waals surface area contributed by atoms with E-state index >= 15 is 0 Å². The highest BCUT2D eigenvalue weighted by Crippen LogP contribution is 2.47. The molecule has 0 unspecified atom stereocenters. The largest absolute Gasteiger partial charge is 0.389 e. The Hall–Kier alpha value is -4.37. The zero-order chi connectivity index (χ0) is 29.4. The minimum atomic E-state index is -1.83. The number of nitro benzene ring substituents is 1. The van der Waals surface area contributed by atoms with Gasteiger partial charge >= 0.3 is 0 Å². The van der Waals surface area contributed by atoms with Crippen LogP contribution in [0.3, 0.4) is 0 Å². The average molecular weight is 544 g/mol. The summed E-state index contributed by atoms with van der Waals surface area (Å²) in [5.74, 6) is -5.62. The Morgan fingerprint density at radius 2 is 1.45 bits per heavy atom. The summed E-state index contributed by atoms with van der Waals surface area (Å²) in [6.45, 7) is 8.90. The summed E-state index contributed by atoms with van der Waals surface area (Å²) in [6.07, 6.45) is -0.436. The topological polar surface area (TPSA) is 139 Å². The normalized spacial score (nSPS) is 22.4. The Balaban J connectivity index is 1.82. The fraction of sp³-hybridized carbons (Fsp3) is 0.323. The molecule has 0 spiro atoms. The number of aliphatic hydroxyl groups is 1. The Bertz CT molecular complexity index is 1510. The van der Waals surface area contributed by atoms with Crippen molar-refractivity contribution in [3.63, 3.8) is 0 Å². The summed E-state index contributed by atoms with van der Waals surface area (Å²) >= 11 is 0. The van der Waals surface area contributed by atoms with Gasteiger partial charge in [0.25, 0.3) is 5.69 Å². The first kappa shape index (κ1) is 28.6. The number of Topliss-reactive ketones (excluding diaryl/α,β-unsaturated/α-hetero) is 1. The summed E-state index contributed by atoms with van der Waals surface area (Å²) in [6, 6.07) is 16.5. The van der Waals surface area contributed by atoms with Crippen molar-refractivity contribution >= 4 is 34.7 Å². The van der Waals surface area contributed by atoms with Gasteiger partial charge in [0.05, 0.1) is 16.4 Å². The maximum Gasteiger partial charge on any atom is 0.269 e. The van der Waals surface area contributed by atoms with Crippen LogP contribution in [0, 0.1) is 49.6 Å². The van der Waals surface area contributed by atoms with Crippen LogP contribution in [0.5, 0.6) is 0 Å². The van der Waals surface area contributed by atoms with Crippen molar-refractivity contribution in [2.75, 3.05) is 10.6 Å². The van der Waals surface area contributed by atoms with Crippen LogP contribution >= 0.6 is 0 Å². The van der Waals surface area contributed by atoms with Gasteiger partial charge in [-0.15, -0.1) is 0 Å². The molecule has 4 rings (SSSR count). The van der Waals surface area contributed by atoms with Crippen LogP contribution in [0.2, 0.25) is 0 Å². The Labute approximate surface area is 232 Å². The molecule has 3 aromatic rings. The second-order valence-corrected chi connectivity index (χ2v) is 10.9. The molecule has 40 heavy (non-hydrogen) atoms. The van der Waals surface area contributed by atoms with Crippen LogP contribution < -0.4 is 10.6 Å². The molecule has 9 nitrogen and oxygen atoms in total. The minimum absolute atomic E-state index is 0.240. The standard InChI is InChI=1S/C31H33N3O6/c1-17-9-11-23(19(3)13-17)32-29(36)27-25(35)16-31(5,38)28(26(27)21-7-6-8-22(15-21)34(39)40)30(37)33-24-12-10-18(2)14-20(24)4/h6-15,26-28,38H,16H2,1-5H3,(H,32,36)(H,33,37)/t26-,27-,28-,31-/m1/s1. The molecule has 0 heterocycles. The maximum absolute atomic E-state index is 13.9. The third-order valence-electron chi connectivity index (χ3n) is 7.58. The van der Waals surface area contributed by atoms with Crippen molar-refractivity contribution in [2.45, 2.75) is 52.6 Å². The number of anilines is 2. The molecule has 9 heteroatoms. The van der Waals surface area contributed by atoms with Gasteiger partial charge in [0, 0.05) is 35.8 Å². The molecule has 1 fully saturated rings. The Morgan fingerprint density at radius 1 is 0.900 bits per heavy atom. The van der Waals surface area contributed by atoms with Crippen molar-refractivity contribution in [3.05, 3.63) is 98.6 Å². The number of carbonyl (C=O) groups is 3. The monoisotopic (exact) mass is 543 g/mol. The molecule has 1 saturated carbocycles. The number of hydrogen-bond acceptors (Lipinski definition) is 6. The molecule has 0 saturated heterocycles. The van der Waals surface area contributed by atoms with Gasteiger partial charge in [-0.05, 0) is 63.4 Å². The molecule has 1 aliphatic rings. The molecule has 0 aromatic heterocycles. The lowest BCUT2D eigenvalue weighted by Crippen LogP contribution is -2.56. The lowest BCUT2D eigenvalue weighted by Gasteiger charge is -2.44. The fourth-order valence-corrected chi connectivity index (χ4v) is 5.67. The number of amides is 2. The molecular weight excluding hydrogens is 510 g/mol. The molecule has 1 aliphatic carbocycles. The third kappa shape index (κ3) is 5.79. The number of aryl methyl sites for hydroxylation is 4. The molecule has 0 bridgehead atoms. The second kappa shape index (κ2) is 11.0. The van der Waals surface area contributed by atoms with Gasteiger partial charge in [-0.2, -0.15) is 0 Å². The van der Waals surface area contributed by atoms with E-state index in [0.29, 0.717) is 11.4 Å². The van der Waals surface area contributed by atoms with E-state index in [9.17, 15) is 29.6 Å². The number of rotatable bonds is 6. The van der Waals surface area contributed by atoms with E-state index in [1.54, 1.807) is 18.2 Å². The number of carbonyl (C=O) groups excluding carboxylic acids is 3. The summed E-state index contributed by atoms with van der Waals surface area (Å²) in [7, 11) is 0. The molecule has 2 amide bonds. The molecule has 4 atom stereocenters. The van der Waals surface area contributed by atoms with E-state index in [4.69, 9.17) is 0 Å². The number of ketones is 1. The van der Waals surface area contributed by atoms with E-state index in [1.165, 1.54) is 25.1 Å². The van der Waals surface area contributed by atoms with Gasteiger partial charge in [0.1, 0.15) is 11.7 Å². The maximum atomic E-state index is 13.9. The highest BCUT2D eigenvalue weighted by atomic mass is 16.6. The number of benzene rings is 3. The minimum Gasteiger partial charge on any atom is -0.389 e. The summed E-state index contributed by atoms with van der Waals surface area (Å²) in [4.78, 5) is 52.2. The van der Waals surface area contributed by atoms with Gasteiger partial charge in [0.2, 0.25) is 11.8 Å². The van der Waals surface area contributed by atoms with Crippen molar-refractivity contribution in [1.82, 2.24) is 0 Å². The van der Waals surface area contributed by atoms with Crippen LogP contribution in [-0.2, 0) is 14.4 Å². The first-order valence-corrected chi connectivity index (χ1v) is 13.0. The van der Waals surface area contributed by atoms with Gasteiger partial charge in [0.15, 0.2) is 0 Å². The van der Waals surface area contributed by atoms with Crippen molar-refractivity contribution < 1.29 is 24.4 Å². The van der Waals surface area contributed by atoms with E-state index in [2.05, 4.69) is 10.6 Å². The molecule has 3 aromatic carbocycles. The van der Waals surface area contributed by atoms with Crippen molar-refractivity contribution in [1.29, 1.82) is 0 Å². The van der Waals surface area contributed by atoms with Crippen LogP contribution in [0.1, 0.15) is 47.1 Å². The van der Waals surface area contributed by atoms with Crippen molar-refractivity contribution in [3.8, 4) is 0 Å². The lowest BCUT2D eigenvalue weighted by molar-refractivity contribution is -0.385. The van der Waals surface area contributed by atoms with Crippen LogP contribution in [0.15, 0.2) is 60.7 Å². The van der Waals surface area contributed by atoms with Gasteiger partial charge in [-0.3, -0.25) is 24.5 Å². The predicted molar refractivity (Wildman–Crippen MR) is 152 cm³/mol. The summed E-state index contributed by atoms with van der Waals surface area (Å²) in [5, 5.41) is 28.8. The van der Waals surface area contributed by atoms with Crippen LogP contribution in [0.25, 0.3) is 0 Å². The second-order valence-electron chi connectivity index (χ2n) is 10.9. The van der Waals surface area contributed by atoms with Gasteiger partial charge in [-0.1, -0.05) is 47.5 Å². The van der Waals surface area contributed by atoms with Crippen LogP contribution in [0.4, 0.5) is 17.1 Å². The van der Waals surface area contributed by atoms with E-state index in [-0.39, 0.29) is 11.3 Å². The third-order valence-corrected chi connectivity index (χ3v) is 7.58. The number of nitrogens with one attached hydrogen (secondary N) is 2. The fourth-order valence-electron chi connectivity index (χ4n) is 5.67. The Morgan fingerprint density at radius 3 is 1.98 bits per heavy atom. The first-order chi connectivity index (χ1) is 18.8. The van der Waals surface area contributed by atoms with E-state index < -0.39 is 52.3 Å². The van der Waals surface area contributed by atoms with E-state index in [0.717, 1.165) is 22.3 Å². The van der Waals surface area contributed by atoms with Crippen molar-refractivity contribution in [2.24, 2.45) is 11.8 Å². The quantitative estimate of drug-likeness (QED) is 0.223. The molecule has 3 N–H and O–H groups in total. The average Bonchev–Trinajstić information content (AvgIpc) is 2.86. The number of non-ortho nitro benzene ring substituents is 1. The summed E-state index contributed by atoms with van der Waals surface area (Å²) in [5.41, 5.74) is 2.79. The summed E-state index contributed by atoms with van der Waals surface area (Å²) < 4.78 is 0. The number of hydrogen-bond donors (Lipinski definition) is 3. The predicted octanol–water partition coefficient (Wildman–Crippen LogP) is 5.15. The zero-order valence-electron chi connectivity index (χ0n) is 23.1.